The third kappa shape index (κ3) is 5.36. The first kappa shape index (κ1) is 18.0. The minimum absolute atomic E-state index is 0.285. The Balaban J connectivity index is 2.58. The van der Waals surface area contributed by atoms with Gasteiger partial charge in [-0.25, -0.2) is 4.57 Å². The Bertz CT molecular complexity index is 333. The molecule has 1 heterocycles. The molecule has 0 aliphatic carbocycles. The van der Waals surface area contributed by atoms with Crippen LogP contribution in [0.4, 0.5) is 0 Å². The molecule has 1 saturated heterocycles. The highest BCUT2D eigenvalue weighted by Gasteiger charge is 2.44. The lowest BCUT2D eigenvalue weighted by atomic mass is 9.99. The molecule has 1 fully saturated rings. The van der Waals surface area contributed by atoms with Crippen LogP contribution in [0.1, 0.15) is 19.8 Å². The third-order valence-corrected chi connectivity index (χ3v) is 3.34. The summed E-state index contributed by atoms with van der Waals surface area (Å²) in [5, 5.41) is 29.0. The number of phosphoric acid groups is 1. The van der Waals surface area contributed by atoms with E-state index >= 15 is 0 Å². The molecule has 5 atom stereocenters. The summed E-state index contributed by atoms with van der Waals surface area (Å²) in [6, 6.07) is 0. The quantitative estimate of drug-likeness (QED) is 0.286. The van der Waals surface area contributed by atoms with Gasteiger partial charge in [-0.2, -0.15) is 0 Å². The molecule has 0 radical (unpaired) electrons. The van der Waals surface area contributed by atoms with Gasteiger partial charge in [-0.15, -0.1) is 0 Å². The zero-order valence-corrected chi connectivity index (χ0v) is 11.9. The largest absolute Gasteiger partial charge is 0.469 e. The van der Waals surface area contributed by atoms with E-state index < -0.39 is 45.1 Å². The lowest BCUT2D eigenvalue weighted by Crippen LogP contribution is -2.59. The van der Waals surface area contributed by atoms with E-state index in [0.29, 0.717) is 0 Å². The van der Waals surface area contributed by atoms with E-state index in [1.165, 1.54) is 0 Å². The Morgan fingerprint density at radius 2 is 1.80 bits per heavy atom. The molecular formula is C10H21O9P. The van der Waals surface area contributed by atoms with Crippen molar-refractivity contribution >= 4 is 7.82 Å². The molecule has 5 N–H and O–H groups in total. The van der Waals surface area contributed by atoms with Gasteiger partial charge < -0.3 is 34.6 Å². The van der Waals surface area contributed by atoms with Crippen LogP contribution in [-0.2, 0) is 18.6 Å². The Labute approximate surface area is 116 Å². The van der Waals surface area contributed by atoms with E-state index in [4.69, 9.17) is 19.3 Å². The van der Waals surface area contributed by atoms with Crippen LogP contribution in [0, 0.1) is 0 Å². The molecule has 1 aliphatic rings. The van der Waals surface area contributed by atoms with Crippen LogP contribution in [0.2, 0.25) is 0 Å². The highest BCUT2D eigenvalue weighted by Crippen LogP contribution is 2.37. The molecule has 0 saturated carbocycles. The van der Waals surface area contributed by atoms with Crippen molar-refractivity contribution in [2.24, 2.45) is 0 Å². The molecule has 0 aromatic rings. The zero-order valence-electron chi connectivity index (χ0n) is 11.0. The number of hydrogen-bond donors (Lipinski definition) is 5. The third-order valence-electron chi connectivity index (χ3n) is 2.86. The monoisotopic (exact) mass is 316 g/mol. The van der Waals surface area contributed by atoms with E-state index in [9.17, 15) is 19.9 Å². The first-order chi connectivity index (χ1) is 9.26. The molecule has 0 aromatic heterocycles. The number of phosphoric ester groups is 1. The molecule has 120 valence electrons. The molecule has 10 heteroatoms. The maximum absolute atomic E-state index is 10.6. The van der Waals surface area contributed by atoms with E-state index in [1.807, 2.05) is 6.92 Å². The summed E-state index contributed by atoms with van der Waals surface area (Å²) in [5.74, 6) is 0. The Kier molecular flexibility index (Phi) is 6.99. The smallest absolute Gasteiger partial charge is 0.387 e. The van der Waals surface area contributed by atoms with Crippen LogP contribution >= 0.6 is 7.82 Å². The van der Waals surface area contributed by atoms with Gasteiger partial charge in [-0.1, -0.05) is 13.3 Å². The highest BCUT2D eigenvalue weighted by atomic mass is 31.2. The maximum Gasteiger partial charge on any atom is 0.469 e. The predicted octanol–water partition coefficient (Wildman–Crippen LogP) is -1.28. The van der Waals surface area contributed by atoms with Crippen LogP contribution < -0.4 is 0 Å². The topological polar surface area (TPSA) is 146 Å². The molecule has 0 amide bonds. The van der Waals surface area contributed by atoms with Gasteiger partial charge in [0.2, 0.25) is 0 Å². The van der Waals surface area contributed by atoms with Crippen LogP contribution in [-0.4, -0.2) is 69.0 Å². The number of unbranched alkanes of at least 4 members (excludes halogenated alkanes) is 1. The average Bonchev–Trinajstić information content (AvgIpc) is 2.36. The van der Waals surface area contributed by atoms with E-state index in [0.717, 1.165) is 12.8 Å². The summed E-state index contributed by atoms with van der Waals surface area (Å²) in [6.45, 7) is 1.59. The number of hydrogen-bond acceptors (Lipinski definition) is 7. The van der Waals surface area contributed by atoms with Crippen LogP contribution in [0.25, 0.3) is 0 Å². The molecule has 0 aromatic carbocycles. The van der Waals surface area contributed by atoms with Crippen LogP contribution in [0.5, 0.6) is 0 Å². The Morgan fingerprint density at radius 3 is 2.35 bits per heavy atom. The summed E-state index contributed by atoms with van der Waals surface area (Å²) in [6.07, 6.45) is -5.37. The molecule has 9 nitrogen and oxygen atoms in total. The summed E-state index contributed by atoms with van der Waals surface area (Å²) in [5.41, 5.74) is 0. The molecule has 1 aliphatic heterocycles. The molecule has 0 bridgehead atoms. The van der Waals surface area contributed by atoms with Crippen molar-refractivity contribution in [1.82, 2.24) is 0 Å². The summed E-state index contributed by atoms with van der Waals surface area (Å²) >= 11 is 0. The fraction of sp³-hybridized carbons (Fsp3) is 1.00. The van der Waals surface area contributed by atoms with Crippen molar-refractivity contribution < 1.29 is 43.7 Å². The van der Waals surface area contributed by atoms with Gasteiger partial charge in [0.25, 0.3) is 0 Å². The Morgan fingerprint density at radius 1 is 1.15 bits per heavy atom. The van der Waals surface area contributed by atoms with Crippen molar-refractivity contribution in [3.63, 3.8) is 0 Å². The van der Waals surface area contributed by atoms with Gasteiger partial charge in [0, 0.05) is 6.61 Å². The van der Waals surface area contributed by atoms with Crippen LogP contribution in [0.15, 0.2) is 0 Å². The SMILES string of the molecule is CCCCOC1O[C@H](COP(=O)(O)O)[C@@H](O)[C@H](O)[C@@H]1O. The van der Waals surface area contributed by atoms with Crippen LogP contribution in [0.3, 0.4) is 0 Å². The van der Waals surface area contributed by atoms with Gasteiger partial charge in [0.15, 0.2) is 6.29 Å². The zero-order chi connectivity index (χ0) is 15.3. The van der Waals surface area contributed by atoms with Gasteiger partial charge in [-0.3, -0.25) is 4.52 Å². The number of aliphatic hydroxyl groups is 3. The van der Waals surface area contributed by atoms with E-state index in [-0.39, 0.29) is 6.61 Å². The van der Waals surface area contributed by atoms with E-state index in [1.54, 1.807) is 0 Å². The lowest BCUT2D eigenvalue weighted by molar-refractivity contribution is -0.300. The first-order valence-corrected chi connectivity index (χ1v) is 7.80. The number of aliphatic hydroxyl groups excluding tert-OH is 3. The van der Waals surface area contributed by atoms with Gasteiger partial charge in [0.1, 0.15) is 24.4 Å². The molecule has 1 rings (SSSR count). The van der Waals surface area contributed by atoms with Crippen molar-refractivity contribution in [3.05, 3.63) is 0 Å². The van der Waals surface area contributed by atoms with Gasteiger partial charge >= 0.3 is 7.82 Å². The molecule has 1 unspecified atom stereocenters. The van der Waals surface area contributed by atoms with Crippen molar-refractivity contribution in [2.75, 3.05) is 13.2 Å². The predicted molar refractivity (Wildman–Crippen MR) is 65.5 cm³/mol. The normalized spacial score (nSPS) is 35.2. The van der Waals surface area contributed by atoms with Crippen molar-refractivity contribution in [3.8, 4) is 0 Å². The fourth-order valence-electron chi connectivity index (χ4n) is 1.71. The average molecular weight is 316 g/mol. The second-order valence-electron chi connectivity index (χ2n) is 4.53. The minimum Gasteiger partial charge on any atom is -0.387 e. The highest BCUT2D eigenvalue weighted by molar-refractivity contribution is 7.46. The maximum atomic E-state index is 10.6. The first-order valence-electron chi connectivity index (χ1n) is 6.27. The standard InChI is InChI=1S/C10H21O9P/c1-2-3-4-17-10-9(13)8(12)7(11)6(19-10)5-18-20(14,15)16/h6-13H,2-5H2,1H3,(H2,14,15,16)/t6-,7-,8+,9+,10?/m1/s1. The van der Waals surface area contributed by atoms with Crippen molar-refractivity contribution in [2.45, 2.75) is 50.5 Å². The summed E-state index contributed by atoms with van der Waals surface area (Å²) in [7, 11) is -4.72. The summed E-state index contributed by atoms with van der Waals surface area (Å²) < 4.78 is 25.2. The van der Waals surface area contributed by atoms with E-state index in [2.05, 4.69) is 4.52 Å². The van der Waals surface area contributed by atoms with Gasteiger partial charge in [0.05, 0.1) is 6.61 Å². The number of ether oxygens (including phenoxy) is 2. The fourth-order valence-corrected chi connectivity index (χ4v) is 2.05. The molecule has 20 heavy (non-hydrogen) atoms. The minimum atomic E-state index is -4.72. The second-order valence-corrected chi connectivity index (χ2v) is 5.76. The number of rotatable bonds is 7. The van der Waals surface area contributed by atoms with Gasteiger partial charge in [-0.05, 0) is 6.42 Å². The lowest BCUT2D eigenvalue weighted by Gasteiger charge is -2.40. The second kappa shape index (κ2) is 7.79. The molecular weight excluding hydrogens is 295 g/mol. The van der Waals surface area contributed by atoms with Crippen molar-refractivity contribution in [1.29, 1.82) is 0 Å². The Hall–Kier alpha value is -0.0900. The summed E-state index contributed by atoms with van der Waals surface area (Å²) in [4.78, 5) is 17.2. The molecule has 0 spiro atoms.